The third-order valence-corrected chi connectivity index (χ3v) is 5.50. The lowest BCUT2D eigenvalue weighted by Crippen LogP contribution is -2.48. The van der Waals surface area contributed by atoms with E-state index in [2.05, 4.69) is 10.6 Å². The predicted molar refractivity (Wildman–Crippen MR) is 96.7 cm³/mol. The van der Waals surface area contributed by atoms with E-state index >= 15 is 0 Å². The van der Waals surface area contributed by atoms with Crippen LogP contribution in [0.2, 0.25) is 0 Å². The molecular weight excluding hydrogens is 314 g/mol. The molecule has 0 aliphatic carbocycles. The summed E-state index contributed by atoms with van der Waals surface area (Å²) in [5.41, 5.74) is 1.04. The zero-order chi connectivity index (χ0) is 17.3. The molecule has 1 aromatic heterocycles. The Morgan fingerprint density at radius 3 is 2.60 bits per heavy atom. The van der Waals surface area contributed by atoms with E-state index in [4.69, 9.17) is 0 Å². The van der Waals surface area contributed by atoms with E-state index in [0.29, 0.717) is 19.1 Å². The predicted octanol–water partition coefficient (Wildman–Crippen LogP) is 1.91. The van der Waals surface area contributed by atoms with Crippen molar-refractivity contribution in [2.24, 2.45) is 0 Å². The number of nitrogens with one attached hydrogen (secondary N) is 2. The van der Waals surface area contributed by atoms with Gasteiger partial charge in [-0.05, 0) is 43.4 Å². The first-order chi connectivity index (χ1) is 12.2. The molecule has 25 heavy (non-hydrogen) atoms. The minimum Gasteiger partial charge on any atom is -0.350 e. The van der Waals surface area contributed by atoms with Crippen molar-refractivity contribution in [1.82, 2.24) is 15.2 Å². The highest BCUT2D eigenvalue weighted by atomic mass is 16.2. The van der Waals surface area contributed by atoms with Crippen molar-refractivity contribution < 1.29 is 4.79 Å². The molecule has 0 radical (unpaired) electrons. The van der Waals surface area contributed by atoms with E-state index in [9.17, 15) is 9.59 Å². The number of benzene rings is 1. The Balaban J connectivity index is 1.47. The van der Waals surface area contributed by atoms with Crippen LogP contribution in [0.15, 0.2) is 53.5 Å². The van der Waals surface area contributed by atoms with Gasteiger partial charge in [-0.2, -0.15) is 0 Å². The molecule has 0 atom stereocenters. The van der Waals surface area contributed by atoms with Crippen LogP contribution in [0.1, 0.15) is 41.6 Å². The number of hydrogen-bond acceptors (Lipinski definition) is 3. The molecule has 2 aliphatic heterocycles. The second kappa shape index (κ2) is 6.48. The molecule has 2 saturated heterocycles. The average molecular weight is 337 g/mol. The summed E-state index contributed by atoms with van der Waals surface area (Å²) in [6.07, 6.45) is 6.30. The summed E-state index contributed by atoms with van der Waals surface area (Å²) in [5, 5.41) is 6.59. The van der Waals surface area contributed by atoms with Crippen molar-refractivity contribution in [3.63, 3.8) is 0 Å². The number of carbonyl (C=O) groups excluding carboxylic acids is 1. The first-order valence-electron chi connectivity index (χ1n) is 8.95. The van der Waals surface area contributed by atoms with Gasteiger partial charge in [0.15, 0.2) is 0 Å². The van der Waals surface area contributed by atoms with E-state index in [-0.39, 0.29) is 22.6 Å². The Hall–Kier alpha value is -2.40. The Bertz CT molecular complexity index is 820. The normalized spacial score (nSPS) is 24.4. The van der Waals surface area contributed by atoms with Crippen molar-refractivity contribution in [1.29, 1.82) is 0 Å². The Morgan fingerprint density at radius 1 is 1.16 bits per heavy atom. The highest BCUT2D eigenvalue weighted by Crippen LogP contribution is 2.36. The zero-order valence-corrected chi connectivity index (χ0v) is 14.2. The molecule has 0 saturated carbocycles. The highest BCUT2D eigenvalue weighted by molar-refractivity contribution is 5.93. The first kappa shape index (κ1) is 16.1. The molecule has 4 rings (SSSR count). The molecule has 3 heterocycles. The van der Waals surface area contributed by atoms with E-state index in [1.165, 1.54) is 12.8 Å². The SMILES string of the molecule is O=C(NCC12CCC(CC1)N2)c1cccn(Cc2ccccc2)c1=O. The highest BCUT2D eigenvalue weighted by Gasteiger charge is 2.44. The largest absolute Gasteiger partial charge is 0.350 e. The fourth-order valence-electron chi connectivity index (χ4n) is 4.08. The Kier molecular flexibility index (Phi) is 4.17. The summed E-state index contributed by atoms with van der Waals surface area (Å²) in [7, 11) is 0. The second-order valence-electron chi connectivity index (χ2n) is 7.22. The molecule has 2 aromatic rings. The van der Waals surface area contributed by atoms with Gasteiger partial charge in [0, 0.05) is 24.3 Å². The average Bonchev–Trinajstić information content (AvgIpc) is 3.24. The maximum atomic E-state index is 12.7. The van der Waals surface area contributed by atoms with Gasteiger partial charge in [-0.3, -0.25) is 9.59 Å². The van der Waals surface area contributed by atoms with Crippen molar-refractivity contribution in [2.75, 3.05) is 6.54 Å². The number of rotatable bonds is 5. The van der Waals surface area contributed by atoms with E-state index in [0.717, 1.165) is 18.4 Å². The smallest absolute Gasteiger partial charge is 0.263 e. The van der Waals surface area contributed by atoms with Gasteiger partial charge in [-0.15, -0.1) is 0 Å². The maximum absolute atomic E-state index is 12.7. The standard InChI is InChI=1S/C20H23N3O2/c24-18(21-14-20-10-8-16(22-20)9-11-20)17-7-4-12-23(19(17)25)13-15-5-2-1-3-6-15/h1-7,12,16,22H,8-11,13-14H2,(H,21,24). The summed E-state index contributed by atoms with van der Waals surface area (Å²) in [4.78, 5) is 25.2. The van der Waals surface area contributed by atoms with Crippen LogP contribution < -0.4 is 16.2 Å². The molecule has 1 amide bonds. The molecule has 5 nitrogen and oxygen atoms in total. The van der Waals surface area contributed by atoms with Gasteiger partial charge in [0.25, 0.3) is 11.5 Å². The van der Waals surface area contributed by atoms with Crippen LogP contribution in [0.25, 0.3) is 0 Å². The number of nitrogens with zero attached hydrogens (tertiary/aromatic N) is 1. The summed E-state index contributed by atoms with van der Waals surface area (Å²) in [6.45, 7) is 1.06. The second-order valence-corrected chi connectivity index (χ2v) is 7.22. The number of pyridine rings is 1. The summed E-state index contributed by atoms with van der Waals surface area (Å²) >= 11 is 0. The van der Waals surface area contributed by atoms with Gasteiger partial charge in [0.2, 0.25) is 0 Å². The lowest BCUT2D eigenvalue weighted by molar-refractivity contribution is 0.0939. The van der Waals surface area contributed by atoms with Crippen LogP contribution in [0, 0.1) is 0 Å². The Morgan fingerprint density at radius 2 is 1.92 bits per heavy atom. The number of carbonyl (C=O) groups is 1. The van der Waals surface area contributed by atoms with E-state index < -0.39 is 0 Å². The molecule has 2 bridgehead atoms. The van der Waals surface area contributed by atoms with Gasteiger partial charge in [-0.25, -0.2) is 0 Å². The summed E-state index contributed by atoms with van der Waals surface area (Å²) in [6, 6.07) is 13.8. The van der Waals surface area contributed by atoms with Crippen LogP contribution in [-0.2, 0) is 6.54 Å². The van der Waals surface area contributed by atoms with Crippen molar-refractivity contribution in [2.45, 2.75) is 43.8 Å². The Labute approximate surface area is 147 Å². The maximum Gasteiger partial charge on any atom is 0.263 e. The zero-order valence-electron chi connectivity index (χ0n) is 14.2. The fraction of sp³-hybridized carbons (Fsp3) is 0.400. The van der Waals surface area contributed by atoms with Crippen molar-refractivity contribution >= 4 is 5.91 Å². The quantitative estimate of drug-likeness (QED) is 0.876. The molecule has 2 fully saturated rings. The lowest BCUT2D eigenvalue weighted by Gasteiger charge is -2.26. The molecule has 130 valence electrons. The number of fused-ring (bicyclic) bond motifs is 2. The number of amides is 1. The molecule has 2 N–H and O–H groups in total. The van der Waals surface area contributed by atoms with Crippen LogP contribution in [0.5, 0.6) is 0 Å². The third kappa shape index (κ3) is 3.24. The van der Waals surface area contributed by atoms with Crippen molar-refractivity contribution in [3.05, 3.63) is 70.1 Å². The van der Waals surface area contributed by atoms with Gasteiger partial charge in [0.05, 0.1) is 6.54 Å². The number of hydrogen-bond donors (Lipinski definition) is 2. The molecule has 0 spiro atoms. The molecule has 1 aromatic carbocycles. The minimum atomic E-state index is -0.279. The molecular formula is C20H23N3O2. The summed E-state index contributed by atoms with van der Waals surface area (Å²) in [5.74, 6) is -0.279. The molecule has 2 aliphatic rings. The van der Waals surface area contributed by atoms with Crippen LogP contribution in [0.3, 0.4) is 0 Å². The molecule has 5 heteroatoms. The lowest BCUT2D eigenvalue weighted by atomic mass is 9.88. The van der Waals surface area contributed by atoms with Crippen LogP contribution in [-0.4, -0.2) is 28.6 Å². The van der Waals surface area contributed by atoms with Crippen molar-refractivity contribution in [3.8, 4) is 0 Å². The summed E-state index contributed by atoms with van der Waals surface area (Å²) < 4.78 is 1.59. The minimum absolute atomic E-state index is 0.0398. The van der Waals surface area contributed by atoms with Gasteiger partial charge in [-0.1, -0.05) is 30.3 Å². The van der Waals surface area contributed by atoms with E-state index in [1.54, 1.807) is 22.9 Å². The third-order valence-electron chi connectivity index (χ3n) is 5.50. The van der Waals surface area contributed by atoms with Gasteiger partial charge >= 0.3 is 0 Å². The topological polar surface area (TPSA) is 63.1 Å². The van der Waals surface area contributed by atoms with Crippen LogP contribution >= 0.6 is 0 Å². The first-order valence-corrected chi connectivity index (χ1v) is 8.95. The van der Waals surface area contributed by atoms with Gasteiger partial charge < -0.3 is 15.2 Å². The van der Waals surface area contributed by atoms with Crippen LogP contribution in [0.4, 0.5) is 0 Å². The monoisotopic (exact) mass is 337 g/mol. The number of aromatic nitrogens is 1. The molecule has 0 unspecified atom stereocenters. The van der Waals surface area contributed by atoms with Gasteiger partial charge in [0.1, 0.15) is 5.56 Å². The van der Waals surface area contributed by atoms with E-state index in [1.807, 2.05) is 30.3 Å². The fourth-order valence-corrected chi connectivity index (χ4v) is 4.08.